The van der Waals surface area contributed by atoms with Gasteiger partial charge in [-0.2, -0.15) is 5.10 Å². The molecule has 0 bridgehead atoms. The fraction of sp³-hybridized carbons (Fsp3) is 0.429. The van der Waals surface area contributed by atoms with E-state index in [4.69, 9.17) is 0 Å². The summed E-state index contributed by atoms with van der Waals surface area (Å²) in [5.41, 5.74) is 1.32. The topological polar surface area (TPSA) is 42.7 Å². The van der Waals surface area contributed by atoms with Gasteiger partial charge in [-0.25, -0.2) is 9.67 Å². The lowest BCUT2D eigenvalue weighted by atomic mass is 10.1. The van der Waals surface area contributed by atoms with Crippen LogP contribution in [0.15, 0.2) is 36.7 Å². The molecule has 0 saturated heterocycles. The predicted molar refractivity (Wildman–Crippen MR) is 72.2 cm³/mol. The molecule has 1 aromatic carbocycles. The van der Waals surface area contributed by atoms with Crippen molar-refractivity contribution in [2.24, 2.45) is 0 Å². The molecule has 0 radical (unpaired) electrons. The Bertz CT molecular complexity index is 482. The molecule has 0 saturated carbocycles. The minimum Gasteiger partial charge on any atom is -0.305 e. The van der Waals surface area contributed by atoms with Crippen molar-refractivity contribution in [3.05, 3.63) is 48.0 Å². The van der Waals surface area contributed by atoms with E-state index in [0.29, 0.717) is 0 Å². The van der Waals surface area contributed by atoms with Crippen molar-refractivity contribution in [3.8, 4) is 0 Å². The number of nitrogens with zero attached hydrogens (tertiary/aromatic N) is 3. The minimum atomic E-state index is 0.0868. The van der Waals surface area contributed by atoms with Gasteiger partial charge in [-0.15, -0.1) is 0 Å². The zero-order valence-electron chi connectivity index (χ0n) is 11.2. The lowest BCUT2D eigenvalue weighted by Crippen LogP contribution is -2.36. The molecule has 0 aliphatic carbocycles. The maximum atomic E-state index is 4.30. The summed E-state index contributed by atoms with van der Waals surface area (Å²) in [5, 5.41) is 7.70. The van der Waals surface area contributed by atoms with Crippen molar-refractivity contribution in [1.82, 2.24) is 20.1 Å². The van der Waals surface area contributed by atoms with E-state index in [1.54, 1.807) is 6.33 Å². The number of aromatic nitrogens is 3. The van der Waals surface area contributed by atoms with Crippen LogP contribution < -0.4 is 5.32 Å². The zero-order valence-corrected chi connectivity index (χ0v) is 11.2. The Labute approximate surface area is 108 Å². The first-order valence-electron chi connectivity index (χ1n) is 6.20. The van der Waals surface area contributed by atoms with Gasteiger partial charge in [-0.1, -0.05) is 30.3 Å². The lowest BCUT2D eigenvalue weighted by molar-refractivity contribution is 0.410. The van der Waals surface area contributed by atoms with Crippen molar-refractivity contribution in [2.75, 3.05) is 0 Å². The number of rotatable bonds is 4. The molecule has 18 heavy (non-hydrogen) atoms. The van der Waals surface area contributed by atoms with Gasteiger partial charge >= 0.3 is 0 Å². The average Bonchev–Trinajstić information content (AvgIpc) is 2.74. The van der Waals surface area contributed by atoms with Gasteiger partial charge < -0.3 is 5.32 Å². The molecule has 0 spiro atoms. The van der Waals surface area contributed by atoms with Crippen molar-refractivity contribution in [1.29, 1.82) is 0 Å². The third kappa shape index (κ3) is 3.67. The van der Waals surface area contributed by atoms with Crippen molar-refractivity contribution < 1.29 is 0 Å². The van der Waals surface area contributed by atoms with Gasteiger partial charge in [-0.3, -0.25) is 0 Å². The summed E-state index contributed by atoms with van der Waals surface area (Å²) in [7, 11) is 0. The largest absolute Gasteiger partial charge is 0.305 e. The Morgan fingerprint density at radius 3 is 2.56 bits per heavy atom. The standard InChI is InChI=1S/C14H20N4/c1-14(2,3)16-9-13-15-11-17-18(13)10-12-7-5-4-6-8-12/h4-8,11,16H,9-10H2,1-3H3. The van der Waals surface area contributed by atoms with Crippen LogP contribution in [0.3, 0.4) is 0 Å². The van der Waals surface area contributed by atoms with Crippen LogP contribution in [0.4, 0.5) is 0 Å². The summed E-state index contributed by atoms with van der Waals surface area (Å²) in [6.07, 6.45) is 1.61. The van der Waals surface area contributed by atoms with Crippen molar-refractivity contribution in [3.63, 3.8) is 0 Å². The highest BCUT2D eigenvalue weighted by molar-refractivity contribution is 5.15. The molecule has 0 fully saturated rings. The summed E-state index contributed by atoms with van der Waals surface area (Å²) in [6, 6.07) is 10.3. The average molecular weight is 244 g/mol. The zero-order chi connectivity index (χ0) is 13.0. The van der Waals surface area contributed by atoms with E-state index in [1.165, 1.54) is 5.56 Å². The van der Waals surface area contributed by atoms with Gasteiger partial charge in [0.15, 0.2) is 0 Å². The Hall–Kier alpha value is -1.68. The first kappa shape index (κ1) is 12.8. The summed E-state index contributed by atoms with van der Waals surface area (Å²) in [6.45, 7) is 7.93. The second-order valence-corrected chi connectivity index (χ2v) is 5.42. The lowest BCUT2D eigenvalue weighted by Gasteiger charge is -2.20. The molecule has 0 amide bonds. The van der Waals surface area contributed by atoms with Crippen LogP contribution >= 0.6 is 0 Å². The van der Waals surface area contributed by atoms with Gasteiger partial charge in [0, 0.05) is 5.54 Å². The first-order chi connectivity index (χ1) is 8.54. The molecule has 0 aliphatic rings. The molecule has 2 rings (SSSR count). The van der Waals surface area contributed by atoms with Crippen LogP contribution in [-0.2, 0) is 13.1 Å². The molecular weight excluding hydrogens is 224 g/mol. The second-order valence-electron chi connectivity index (χ2n) is 5.42. The van der Waals surface area contributed by atoms with Gasteiger partial charge in [0.25, 0.3) is 0 Å². The van der Waals surface area contributed by atoms with Crippen LogP contribution in [0.1, 0.15) is 32.2 Å². The van der Waals surface area contributed by atoms with Crippen molar-refractivity contribution >= 4 is 0 Å². The molecule has 1 heterocycles. The smallest absolute Gasteiger partial charge is 0.141 e. The summed E-state index contributed by atoms with van der Waals surface area (Å²) in [4.78, 5) is 4.30. The normalized spacial score (nSPS) is 11.7. The van der Waals surface area contributed by atoms with Crippen LogP contribution in [0, 0.1) is 0 Å². The van der Waals surface area contributed by atoms with Gasteiger partial charge in [-0.05, 0) is 26.3 Å². The second kappa shape index (κ2) is 5.31. The van der Waals surface area contributed by atoms with E-state index in [9.17, 15) is 0 Å². The van der Waals surface area contributed by atoms with E-state index < -0.39 is 0 Å². The molecule has 2 aromatic rings. The fourth-order valence-electron chi connectivity index (χ4n) is 1.66. The molecule has 4 heteroatoms. The molecule has 4 nitrogen and oxygen atoms in total. The quantitative estimate of drug-likeness (QED) is 0.896. The van der Waals surface area contributed by atoms with Crippen LogP contribution in [0.2, 0.25) is 0 Å². The van der Waals surface area contributed by atoms with Gasteiger partial charge in [0.2, 0.25) is 0 Å². The number of benzene rings is 1. The van der Waals surface area contributed by atoms with E-state index in [1.807, 2.05) is 22.9 Å². The third-order valence-electron chi connectivity index (χ3n) is 2.65. The Kier molecular flexibility index (Phi) is 3.77. The number of nitrogens with one attached hydrogen (secondary N) is 1. The van der Waals surface area contributed by atoms with Gasteiger partial charge in [0.05, 0.1) is 13.1 Å². The maximum Gasteiger partial charge on any atom is 0.141 e. The highest BCUT2D eigenvalue weighted by Crippen LogP contribution is 2.05. The van der Waals surface area contributed by atoms with E-state index >= 15 is 0 Å². The fourth-order valence-corrected chi connectivity index (χ4v) is 1.66. The Morgan fingerprint density at radius 1 is 1.17 bits per heavy atom. The first-order valence-corrected chi connectivity index (χ1v) is 6.20. The highest BCUT2D eigenvalue weighted by atomic mass is 15.3. The SMILES string of the molecule is CC(C)(C)NCc1ncnn1Cc1ccccc1. The molecule has 96 valence electrons. The maximum absolute atomic E-state index is 4.30. The summed E-state index contributed by atoms with van der Waals surface area (Å²) in [5.74, 6) is 0.966. The highest BCUT2D eigenvalue weighted by Gasteiger charge is 2.11. The van der Waals surface area contributed by atoms with Crippen LogP contribution in [-0.4, -0.2) is 20.3 Å². The van der Waals surface area contributed by atoms with Gasteiger partial charge in [0.1, 0.15) is 12.2 Å². The molecule has 0 unspecified atom stereocenters. The van der Waals surface area contributed by atoms with Crippen LogP contribution in [0.5, 0.6) is 0 Å². The predicted octanol–water partition coefficient (Wildman–Crippen LogP) is 2.21. The summed E-state index contributed by atoms with van der Waals surface area (Å²) < 4.78 is 1.94. The third-order valence-corrected chi connectivity index (χ3v) is 2.65. The Balaban J connectivity index is 2.04. The molecule has 1 aromatic heterocycles. The van der Waals surface area contributed by atoms with Crippen molar-refractivity contribution in [2.45, 2.75) is 39.4 Å². The van der Waals surface area contributed by atoms with E-state index in [-0.39, 0.29) is 5.54 Å². The monoisotopic (exact) mass is 244 g/mol. The van der Waals surface area contributed by atoms with Crippen LogP contribution in [0.25, 0.3) is 0 Å². The molecule has 0 atom stereocenters. The molecular formula is C14H20N4. The number of hydrogen-bond acceptors (Lipinski definition) is 3. The Morgan fingerprint density at radius 2 is 1.89 bits per heavy atom. The number of hydrogen-bond donors (Lipinski definition) is 1. The van der Waals surface area contributed by atoms with E-state index in [0.717, 1.165) is 18.9 Å². The van der Waals surface area contributed by atoms with E-state index in [2.05, 4.69) is 48.3 Å². The molecule has 1 N–H and O–H groups in total. The minimum absolute atomic E-state index is 0.0868. The summed E-state index contributed by atoms with van der Waals surface area (Å²) >= 11 is 0. The molecule has 0 aliphatic heterocycles.